The number of benzene rings is 1. The Morgan fingerprint density at radius 2 is 2.00 bits per heavy atom. The lowest BCUT2D eigenvalue weighted by Crippen LogP contribution is -2.02. The zero-order valence-electron chi connectivity index (χ0n) is 9.19. The van der Waals surface area contributed by atoms with Gasteiger partial charge in [0.15, 0.2) is 0 Å². The number of carboxylic acids is 1. The van der Waals surface area contributed by atoms with E-state index in [1.165, 1.54) is 12.8 Å². The first-order valence-electron chi connectivity index (χ1n) is 5.65. The fourth-order valence-electron chi connectivity index (χ4n) is 1.54. The normalized spacial score (nSPS) is 15.0. The van der Waals surface area contributed by atoms with Gasteiger partial charge in [0.1, 0.15) is 0 Å². The molecule has 1 aliphatic carbocycles. The summed E-state index contributed by atoms with van der Waals surface area (Å²) in [4.78, 5) is 10.6. The largest absolute Gasteiger partial charge is 0.478 e. The molecule has 3 heteroatoms. The van der Waals surface area contributed by atoms with E-state index in [0.29, 0.717) is 5.56 Å². The number of hydrogen-bond donors (Lipinski definition) is 1. The van der Waals surface area contributed by atoms with Crippen LogP contribution < -0.4 is 0 Å². The zero-order valence-corrected chi connectivity index (χ0v) is 9.19. The quantitative estimate of drug-likeness (QED) is 0.748. The molecule has 0 unspecified atom stereocenters. The lowest BCUT2D eigenvalue weighted by molar-refractivity contribution is 0.0697. The third kappa shape index (κ3) is 3.35. The number of carboxylic acid groups (broad SMARTS) is 1. The molecule has 0 radical (unpaired) electrons. The number of hydrogen-bond acceptors (Lipinski definition) is 2. The minimum absolute atomic E-state index is 0.336. The van der Waals surface area contributed by atoms with Crippen LogP contribution >= 0.6 is 0 Å². The Bertz CT molecular complexity index is 352. The minimum Gasteiger partial charge on any atom is -0.478 e. The van der Waals surface area contributed by atoms with Crippen molar-refractivity contribution in [2.24, 2.45) is 5.92 Å². The van der Waals surface area contributed by atoms with Crippen molar-refractivity contribution in [3.8, 4) is 0 Å². The van der Waals surface area contributed by atoms with Gasteiger partial charge in [-0.3, -0.25) is 0 Å². The summed E-state index contributed by atoms with van der Waals surface area (Å²) in [6.07, 6.45) is 3.48. The van der Waals surface area contributed by atoms with Gasteiger partial charge in [0.25, 0.3) is 0 Å². The molecule has 2 rings (SSSR count). The van der Waals surface area contributed by atoms with E-state index in [-0.39, 0.29) is 0 Å². The third-order valence-corrected chi connectivity index (χ3v) is 2.79. The van der Waals surface area contributed by atoms with Crippen LogP contribution in [0.2, 0.25) is 0 Å². The minimum atomic E-state index is -0.878. The predicted molar refractivity (Wildman–Crippen MR) is 60.6 cm³/mol. The number of rotatable bonds is 6. The molecule has 0 aromatic heterocycles. The topological polar surface area (TPSA) is 46.5 Å². The van der Waals surface area contributed by atoms with E-state index in [1.54, 1.807) is 12.1 Å². The lowest BCUT2D eigenvalue weighted by atomic mass is 10.1. The second-order valence-corrected chi connectivity index (χ2v) is 4.27. The Hall–Kier alpha value is -1.35. The summed E-state index contributed by atoms with van der Waals surface area (Å²) >= 11 is 0. The van der Waals surface area contributed by atoms with Crippen molar-refractivity contribution >= 4 is 5.97 Å². The van der Waals surface area contributed by atoms with Crippen LogP contribution in [0.1, 0.15) is 28.8 Å². The summed E-state index contributed by atoms with van der Waals surface area (Å²) in [7, 11) is 0. The maximum Gasteiger partial charge on any atom is 0.335 e. The SMILES string of the molecule is O=C(O)c1ccc(CCOCC2CC2)cc1. The molecule has 1 saturated carbocycles. The first-order valence-corrected chi connectivity index (χ1v) is 5.65. The average Bonchev–Trinajstić information content (AvgIpc) is 3.09. The molecule has 0 spiro atoms. The molecule has 1 aromatic carbocycles. The van der Waals surface area contributed by atoms with Crippen LogP contribution in [-0.4, -0.2) is 24.3 Å². The monoisotopic (exact) mass is 220 g/mol. The molecule has 1 aliphatic rings. The van der Waals surface area contributed by atoms with Gasteiger partial charge in [0.2, 0.25) is 0 Å². The van der Waals surface area contributed by atoms with Crippen molar-refractivity contribution in [3.63, 3.8) is 0 Å². The van der Waals surface area contributed by atoms with Gasteiger partial charge in [0.05, 0.1) is 12.2 Å². The van der Waals surface area contributed by atoms with Crippen LogP contribution in [0.25, 0.3) is 0 Å². The summed E-state index contributed by atoms with van der Waals surface area (Å²) in [6.45, 7) is 1.61. The third-order valence-electron chi connectivity index (χ3n) is 2.79. The highest BCUT2D eigenvalue weighted by Crippen LogP contribution is 2.28. The molecule has 0 amide bonds. The van der Waals surface area contributed by atoms with Crippen molar-refractivity contribution in [1.29, 1.82) is 0 Å². The Balaban J connectivity index is 1.73. The fraction of sp³-hybridized carbons (Fsp3) is 0.462. The molecular weight excluding hydrogens is 204 g/mol. The highest BCUT2D eigenvalue weighted by atomic mass is 16.5. The van der Waals surface area contributed by atoms with E-state index in [4.69, 9.17) is 9.84 Å². The molecule has 0 bridgehead atoms. The molecule has 0 aliphatic heterocycles. The second kappa shape index (κ2) is 5.12. The van der Waals surface area contributed by atoms with Crippen LogP contribution in [0.4, 0.5) is 0 Å². The van der Waals surface area contributed by atoms with Gasteiger partial charge in [0, 0.05) is 6.61 Å². The van der Waals surface area contributed by atoms with E-state index < -0.39 is 5.97 Å². The van der Waals surface area contributed by atoms with Crippen LogP contribution in [0.5, 0.6) is 0 Å². The van der Waals surface area contributed by atoms with Gasteiger partial charge >= 0.3 is 5.97 Å². The Morgan fingerprint density at radius 1 is 1.31 bits per heavy atom. The predicted octanol–water partition coefficient (Wildman–Crippen LogP) is 2.35. The summed E-state index contributed by atoms with van der Waals surface area (Å²) in [6, 6.07) is 6.98. The van der Waals surface area contributed by atoms with E-state index in [9.17, 15) is 4.79 Å². The van der Waals surface area contributed by atoms with Crippen LogP contribution in [0.3, 0.4) is 0 Å². The van der Waals surface area contributed by atoms with E-state index in [1.807, 2.05) is 12.1 Å². The number of ether oxygens (including phenoxy) is 1. The maximum atomic E-state index is 10.6. The molecule has 3 nitrogen and oxygen atoms in total. The zero-order chi connectivity index (χ0) is 11.4. The van der Waals surface area contributed by atoms with Gasteiger partial charge in [-0.1, -0.05) is 12.1 Å². The van der Waals surface area contributed by atoms with Crippen molar-refractivity contribution in [2.75, 3.05) is 13.2 Å². The number of carbonyl (C=O) groups is 1. The molecule has 86 valence electrons. The summed E-state index contributed by atoms with van der Waals surface area (Å²) < 4.78 is 5.52. The molecule has 1 N–H and O–H groups in total. The fourth-order valence-corrected chi connectivity index (χ4v) is 1.54. The standard InChI is InChI=1S/C13H16O3/c14-13(15)12-5-3-10(4-6-12)7-8-16-9-11-1-2-11/h3-6,11H,1-2,7-9H2,(H,14,15). The van der Waals surface area contributed by atoms with E-state index >= 15 is 0 Å². The molecule has 1 aromatic rings. The number of aromatic carboxylic acids is 1. The van der Waals surface area contributed by atoms with E-state index in [0.717, 1.165) is 31.1 Å². The van der Waals surface area contributed by atoms with Crippen molar-refractivity contribution in [2.45, 2.75) is 19.3 Å². The van der Waals surface area contributed by atoms with Crippen LogP contribution in [0.15, 0.2) is 24.3 Å². The van der Waals surface area contributed by atoms with Crippen LogP contribution in [-0.2, 0) is 11.2 Å². The van der Waals surface area contributed by atoms with Crippen molar-refractivity contribution in [3.05, 3.63) is 35.4 Å². The molecule has 0 atom stereocenters. The van der Waals surface area contributed by atoms with Gasteiger partial charge in [-0.05, 0) is 42.9 Å². The van der Waals surface area contributed by atoms with Gasteiger partial charge in [-0.2, -0.15) is 0 Å². The first kappa shape index (κ1) is 11.1. The highest BCUT2D eigenvalue weighted by molar-refractivity contribution is 5.87. The van der Waals surface area contributed by atoms with Gasteiger partial charge in [-0.25, -0.2) is 4.79 Å². The summed E-state index contributed by atoms with van der Waals surface area (Å²) in [5, 5.41) is 8.73. The first-order chi connectivity index (χ1) is 7.75. The van der Waals surface area contributed by atoms with Gasteiger partial charge < -0.3 is 9.84 Å². The Labute approximate surface area is 95.0 Å². The Morgan fingerprint density at radius 3 is 2.56 bits per heavy atom. The summed E-state index contributed by atoms with van der Waals surface area (Å²) in [5.41, 5.74) is 1.46. The average molecular weight is 220 g/mol. The maximum absolute atomic E-state index is 10.6. The van der Waals surface area contributed by atoms with Crippen molar-refractivity contribution in [1.82, 2.24) is 0 Å². The van der Waals surface area contributed by atoms with Crippen LogP contribution in [0, 0.1) is 5.92 Å². The molecular formula is C13H16O3. The molecule has 16 heavy (non-hydrogen) atoms. The molecule has 0 heterocycles. The molecule has 0 saturated heterocycles. The molecule has 1 fully saturated rings. The summed E-state index contributed by atoms with van der Waals surface area (Å²) in [5.74, 6) is -0.0779. The van der Waals surface area contributed by atoms with Crippen molar-refractivity contribution < 1.29 is 14.6 Å². The lowest BCUT2D eigenvalue weighted by Gasteiger charge is -2.03. The highest BCUT2D eigenvalue weighted by Gasteiger charge is 2.20. The smallest absolute Gasteiger partial charge is 0.335 e. The second-order valence-electron chi connectivity index (χ2n) is 4.27. The van der Waals surface area contributed by atoms with E-state index in [2.05, 4.69) is 0 Å². The van der Waals surface area contributed by atoms with Gasteiger partial charge in [-0.15, -0.1) is 0 Å². The Kier molecular flexibility index (Phi) is 3.57.